The lowest BCUT2D eigenvalue weighted by Crippen LogP contribution is -2.15. The van der Waals surface area contributed by atoms with E-state index >= 15 is 0 Å². The monoisotopic (exact) mass is 379 g/mol. The molecule has 3 aromatic rings. The number of halogens is 2. The Hall–Kier alpha value is -2.81. The lowest BCUT2D eigenvalue weighted by Gasteiger charge is -2.05. The van der Waals surface area contributed by atoms with E-state index in [4.69, 9.17) is 9.15 Å². The predicted molar refractivity (Wildman–Crippen MR) is 92.9 cm³/mol. The molecule has 1 amide bonds. The lowest BCUT2D eigenvalue weighted by molar-refractivity contribution is 0.0209. The second-order valence-electron chi connectivity index (χ2n) is 5.65. The smallest absolute Gasteiger partial charge is 0.260 e. The van der Waals surface area contributed by atoms with Crippen LogP contribution in [0.4, 0.5) is 13.9 Å². The number of furan rings is 1. The Morgan fingerprint density at radius 3 is 2.92 bits per heavy atom. The molecule has 3 rings (SSSR count). The first-order valence-corrected chi connectivity index (χ1v) is 8.36. The molecule has 0 bridgehead atoms. The van der Waals surface area contributed by atoms with E-state index in [-0.39, 0.29) is 16.5 Å². The van der Waals surface area contributed by atoms with Crippen molar-refractivity contribution in [3.63, 3.8) is 0 Å². The van der Waals surface area contributed by atoms with Crippen molar-refractivity contribution in [3.05, 3.63) is 48.0 Å². The number of nitrogens with zero attached hydrogens (tertiary/aromatic N) is 2. The Labute approximate surface area is 152 Å². The van der Waals surface area contributed by atoms with Crippen LogP contribution < -0.4 is 10.1 Å². The van der Waals surface area contributed by atoms with Gasteiger partial charge in [-0.2, -0.15) is 4.37 Å². The van der Waals surface area contributed by atoms with Crippen molar-refractivity contribution in [2.45, 2.75) is 19.3 Å². The highest BCUT2D eigenvalue weighted by molar-refractivity contribution is 7.09. The van der Waals surface area contributed by atoms with Gasteiger partial charge in [0.2, 0.25) is 5.13 Å². The van der Waals surface area contributed by atoms with Crippen LogP contribution in [0, 0.1) is 0 Å². The molecule has 0 unspecified atom stereocenters. The van der Waals surface area contributed by atoms with Crippen molar-refractivity contribution in [1.29, 1.82) is 0 Å². The van der Waals surface area contributed by atoms with Gasteiger partial charge in [-0.1, -0.05) is 12.1 Å². The molecule has 0 saturated carbocycles. The highest BCUT2D eigenvalue weighted by Gasteiger charge is 2.24. The van der Waals surface area contributed by atoms with Crippen LogP contribution in [0.25, 0.3) is 11.3 Å². The molecule has 0 spiro atoms. The van der Waals surface area contributed by atoms with Gasteiger partial charge in [-0.05, 0) is 25.1 Å². The number of carbonyl (C=O) groups excluding carboxylic acids is 1. The number of aromatic nitrogens is 2. The molecule has 0 atom stereocenters. The zero-order chi connectivity index (χ0) is 18.7. The van der Waals surface area contributed by atoms with Gasteiger partial charge in [-0.15, -0.1) is 0 Å². The summed E-state index contributed by atoms with van der Waals surface area (Å²) in [4.78, 5) is 16.2. The van der Waals surface area contributed by atoms with Crippen LogP contribution in [0.5, 0.6) is 5.75 Å². The molecule has 1 N–H and O–H groups in total. The normalized spacial score (nSPS) is 11.4. The summed E-state index contributed by atoms with van der Waals surface area (Å²) in [6, 6.07) is 8.79. The minimum Gasteiger partial charge on any atom is -0.497 e. The van der Waals surface area contributed by atoms with E-state index in [1.807, 2.05) is 12.1 Å². The summed E-state index contributed by atoms with van der Waals surface area (Å²) in [5.74, 6) is -2.22. The van der Waals surface area contributed by atoms with Gasteiger partial charge in [0.15, 0.2) is 5.82 Å². The third kappa shape index (κ3) is 4.42. The molecule has 26 heavy (non-hydrogen) atoms. The van der Waals surface area contributed by atoms with Crippen molar-refractivity contribution >= 4 is 22.6 Å². The van der Waals surface area contributed by atoms with E-state index in [9.17, 15) is 13.6 Å². The van der Waals surface area contributed by atoms with Gasteiger partial charge in [-0.3, -0.25) is 10.1 Å². The number of amides is 1. The minimum atomic E-state index is -2.90. The number of methoxy groups -OCH3 is 1. The van der Waals surface area contributed by atoms with E-state index in [0.717, 1.165) is 24.0 Å². The van der Waals surface area contributed by atoms with E-state index in [1.165, 1.54) is 6.26 Å². The molecule has 0 aliphatic heterocycles. The fourth-order valence-corrected chi connectivity index (χ4v) is 2.79. The number of alkyl halides is 2. The number of benzene rings is 1. The highest BCUT2D eigenvalue weighted by atomic mass is 32.1. The molecule has 2 aromatic heterocycles. The first-order valence-electron chi connectivity index (χ1n) is 7.59. The molecule has 1 aromatic carbocycles. The molecule has 9 heteroatoms. The Balaban J connectivity index is 1.70. The zero-order valence-corrected chi connectivity index (χ0v) is 14.8. The van der Waals surface area contributed by atoms with Crippen molar-refractivity contribution in [2.75, 3.05) is 12.4 Å². The van der Waals surface area contributed by atoms with Crippen molar-refractivity contribution in [2.24, 2.45) is 0 Å². The Morgan fingerprint density at radius 2 is 2.19 bits per heavy atom. The van der Waals surface area contributed by atoms with Crippen molar-refractivity contribution in [1.82, 2.24) is 9.36 Å². The number of nitrogens with one attached hydrogen (secondary N) is 1. The molecule has 6 nitrogen and oxygen atoms in total. The molecular formula is C17H15F2N3O3S. The molecule has 0 saturated heterocycles. The van der Waals surface area contributed by atoms with Crippen molar-refractivity contribution < 1.29 is 22.7 Å². The Kier molecular flexibility index (Phi) is 4.99. The maximum absolute atomic E-state index is 13.0. The number of ether oxygens (including phenoxy) is 1. The minimum absolute atomic E-state index is 0.0120. The van der Waals surface area contributed by atoms with Gasteiger partial charge in [0.05, 0.1) is 19.1 Å². The quantitative estimate of drug-likeness (QED) is 0.693. The van der Waals surface area contributed by atoms with E-state index in [2.05, 4.69) is 14.7 Å². The van der Waals surface area contributed by atoms with Crippen LogP contribution >= 0.6 is 11.5 Å². The van der Waals surface area contributed by atoms with Crippen LogP contribution in [0.2, 0.25) is 0 Å². The van der Waals surface area contributed by atoms with Gasteiger partial charge in [0.1, 0.15) is 17.8 Å². The lowest BCUT2D eigenvalue weighted by atomic mass is 10.1. The molecule has 0 fully saturated rings. The Morgan fingerprint density at radius 1 is 1.38 bits per heavy atom. The third-order valence-electron chi connectivity index (χ3n) is 3.37. The summed E-state index contributed by atoms with van der Waals surface area (Å²) < 4.78 is 40.4. The first-order chi connectivity index (χ1) is 12.3. The van der Waals surface area contributed by atoms with Crippen LogP contribution in [-0.4, -0.2) is 28.3 Å². The number of anilines is 1. The molecular weight excluding hydrogens is 364 g/mol. The highest BCUT2D eigenvalue weighted by Crippen LogP contribution is 2.26. The second kappa shape index (κ2) is 7.20. The van der Waals surface area contributed by atoms with Gasteiger partial charge in [-0.25, -0.2) is 13.8 Å². The average molecular weight is 379 g/mol. The summed E-state index contributed by atoms with van der Waals surface area (Å²) >= 11 is 0.848. The zero-order valence-electron chi connectivity index (χ0n) is 14.0. The molecule has 2 heterocycles. The Bertz CT molecular complexity index is 918. The predicted octanol–water partition coefficient (Wildman–Crippen LogP) is 4.26. The van der Waals surface area contributed by atoms with E-state index in [1.54, 1.807) is 25.3 Å². The number of rotatable bonds is 6. The fourth-order valence-electron chi connectivity index (χ4n) is 2.21. The first kappa shape index (κ1) is 18.0. The van der Waals surface area contributed by atoms with Crippen LogP contribution in [0.3, 0.4) is 0 Å². The van der Waals surface area contributed by atoms with E-state index in [0.29, 0.717) is 11.5 Å². The number of hydrogen-bond acceptors (Lipinski definition) is 6. The van der Waals surface area contributed by atoms with Gasteiger partial charge < -0.3 is 9.15 Å². The van der Waals surface area contributed by atoms with Gasteiger partial charge >= 0.3 is 0 Å². The average Bonchev–Trinajstić information content (AvgIpc) is 3.23. The summed E-state index contributed by atoms with van der Waals surface area (Å²) in [5.41, 5.74) is 1.03. The van der Waals surface area contributed by atoms with Crippen LogP contribution in [-0.2, 0) is 6.42 Å². The summed E-state index contributed by atoms with van der Waals surface area (Å²) in [6.45, 7) is 0.790. The summed E-state index contributed by atoms with van der Waals surface area (Å²) in [7, 11) is 1.56. The van der Waals surface area contributed by atoms with E-state index < -0.39 is 18.3 Å². The van der Waals surface area contributed by atoms with Crippen molar-refractivity contribution in [3.8, 4) is 17.1 Å². The summed E-state index contributed by atoms with van der Waals surface area (Å²) in [5, 5.41) is 2.68. The number of carbonyl (C=O) groups is 1. The standard InChI is InChI=1S/C17H15F2N3O3S/c1-17(18,19)8-14-20-16(26-22-14)21-15(23)11-7-13(25-9-11)10-4-3-5-12(6-10)24-2/h3-7,9H,8H2,1-2H3,(H,20,21,22,23). The van der Waals surface area contributed by atoms with Crippen LogP contribution in [0.1, 0.15) is 23.1 Å². The van der Waals surface area contributed by atoms with Gasteiger partial charge in [0, 0.05) is 17.1 Å². The second-order valence-corrected chi connectivity index (χ2v) is 6.40. The molecule has 0 aliphatic carbocycles. The maximum atomic E-state index is 13.0. The SMILES string of the molecule is COc1cccc(-c2cc(C(=O)Nc3nc(CC(C)(F)F)ns3)co2)c1. The third-order valence-corrected chi connectivity index (χ3v) is 4.04. The van der Waals surface area contributed by atoms with Gasteiger partial charge in [0.25, 0.3) is 11.8 Å². The van der Waals surface area contributed by atoms with Crippen LogP contribution in [0.15, 0.2) is 41.0 Å². The molecule has 0 aliphatic rings. The largest absolute Gasteiger partial charge is 0.497 e. The molecule has 136 valence electrons. The number of hydrogen-bond donors (Lipinski definition) is 1. The fraction of sp³-hybridized carbons (Fsp3) is 0.235. The summed E-state index contributed by atoms with van der Waals surface area (Å²) in [6.07, 6.45) is 0.733. The topological polar surface area (TPSA) is 77.2 Å². The molecule has 0 radical (unpaired) electrons. The maximum Gasteiger partial charge on any atom is 0.260 e.